The van der Waals surface area contributed by atoms with Crippen molar-refractivity contribution in [3.05, 3.63) is 35.1 Å². The second kappa shape index (κ2) is 6.45. The van der Waals surface area contributed by atoms with Crippen molar-refractivity contribution in [2.24, 2.45) is 5.92 Å². The van der Waals surface area contributed by atoms with Gasteiger partial charge >= 0.3 is 5.97 Å². The Morgan fingerprint density at radius 1 is 1.43 bits per heavy atom. The Kier molecular flexibility index (Phi) is 4.38. The van der Waals surface area contributed by atoms with Crippen LogP contribution >= 0.6 is 11.3 Å². The lowest BCUT2D eigenvalue weighted by Gasteiger charge is -2.30. The Bertz CT molecular complexity index is 729. The number of rotatable bonds is 3. The molecule has 2 aromatic rings. The number of carboxylic acids is 1. The molecule has 0 aliphatic carbocycles. The van der Waals surface area contributed by atoms with E-state index in [0.717, 1.165) is 17.0 Å². The van der Waals surface area contributed by atoms with Gasteiger partial charge in [0, 0.05) is 31.0 Å². The van der Waals surface area contributed by atoms with E-state index in [0.29, 0.717) is 23.5 Å². The summed E-state index contributed by atoms with van der Waals surface area (Å²) in [4.78, 5) is 34.6. The smallest absolute Gasteiger partial charge is 0.308 e. The summed E-state index contributed by atoms with van der Waals surface area (Å²) in [6, 6.07) is 3.73. The summed E-state index contributed by atoms with van der Waals surface area (Å²) < 4.78 is 0. The summed E-state index contributed by atoms with van der Waals surface area (Å²) in [6.07, 6.45) is 4.75. The first-order valence-electron chi connectivity index (χ1n) is 7.46. The van der Waals surface area contributed by atoms with E-state index in [2.05, 4.69) is 9.97 Å². The van der Waals surface area contributed by atoms with Crippen molar-refractivity contribution >= 4 is 23.2 Å². The van der Waals surface area contributed by atoms with Gasteiger partial charge < -0.3 is 10.0 Å². The Morgan fingerprint density at radius 2 is 2.26 bits per heavy atom. The molecule has 1 saturated heterocycles. The fourth-order valence-corrected chi connectivity index (χ4v) is 3.74. The molecular formula is C16H17N3O3S. The number of carboxylic acid groups (broad SMARTS) is 1. The number of amides is 1. The molecule has 0 saturated carbocycles. The molecule has 6 nitrogen and oxygen atoms in total. The van der Waals surface area contributed by atoms with Crippen LogP contribution in [0.25, 0.3) is 10.6 Å². The molecule has 3 heterocycles. The summed E-state index contributed by atoms with van der Waals surface area (Å²) >= 11 is 1.33. The standard InChI is InChI=1S/C16H17N3O3S/c1-10-13(23-14(18-10)11-4-2-6-17-8-11)15(20)19-7-3-5-12(9-19)16(21)22/h2,4,6,8,12H,3,5,7,9H2,1H3,(H,21,22)/t12-/m0/s1. The van der Waals surface area contributed by atoms with Gasteiger partial charge in [-0.1, -0.05) is 0 Å². The van der Waals surface area contributed by atoms with Gasteiger partial charge in [-0.15, -0.1) is 11.3 Å². The minimum absolute atomic E-state index is 0.124. The maximum Gasteiger partial charge on any atom is 0.308 e. The molecule has 2 aromatic heterocycles. The Morgan fingerprint density at radius 3 is 2.96 bits per heavy atom. The highest BCUT2D eigenvalue weighted by atomic mass is 32.1. The molecule has 1 amide bonds. The fraction of sp³-hybridized carbons (Fsp3) is 0.375. The first kappa shape index (κ1) is 15.6. The van der Waals surface area contributed by atoms with Crippen LogP contribution in [0.2, 0.25) is 0 Å². The van der Waals surface area contributed by atoms with Gasteiger partial charge in [-0.25, -0.2) is 4.98 Å². The molecular weight excluding hydrogens is 314 g/mol. The van der Waals surface area contributed by atoms with Gasteiger partial charge in [-0.05, 0) is 31.9 Å². The van der Waals surface area contributed by atoms with Gasteiger partial charge in [-0.2, -0.15) is 0 Å². The van der Waals surface area contributed by atoms with Crippen molar-refractivity contribution in [2.45, 2.75) is 19.8 Å². The van der Waals surface area contributed by atoms with Gasteiger partial charge in [-0.3, -0.25) is 14.6 Å². The van der Waals surface area contributed by atoms with E-state index in [-0.39, 0.29) is 12.5 Å². The van der Waals surface area contributed by atoms with E-state index in [9.17, 15) is 9.59 Å². The average molecular weight is 331 g/mol. The highest BCUT2D eigenvalue weighted by Gasteiger charge is 2.30. The number of aromatic nitrogens is 2. The van der Waals surface area contributed by atoms with Crippen molar-refractivity contribution in [2.75, 3.05) is 13.1 Å². The number of aliphatic carboxylic acids is 1. The van der Waals surface area contributed by atoms with E-state index < -0.39 is 11.9 Å². The number of piperidine rings is 1. The molecule has 0 radical (unpaired) electrons. The van der Waals surface area contributed by atoms with E-state index >= 15 is 0 Å². The molecule has 0 unspecified atom stereocenters. The number of hydrogen-bond donors (Lipinski definition) is 1. The molecule has 120 valence electrons. The minimum Gasteiger partial charge on any atom is -0.481 e. The number of hydrogen-bond acceptors (Lipinski definition) is 5. The Hall–Kier alpha value is -2.28. The number of pyridine rings is 1. The zero-order valence-electron chi connectivity index (χ0n) is 12.7. The zero-order valence-corrected chi connectivity index (χ0v) is 13.5. The normalized spacial score (nSPS) is 18.0. The van der Waals surface area contributed by atoms with Crippen LogP contribution in [0.4, 0.5) is 0 Å². The Balaban J connectivity index is 1.83. The molecule has 3 rings (SSSR count). The quantitative estimate of drug-likeness (QED) is 0.934. The van der Waals surface area contributed by atoms with Gasteiger partial charge in [0.2, 0.25) is 0 Å². The summed E-state index contributed by atoms with van der Waals surface area (Å²) in [6.45, 7) is 2.68. The van der Waals surface area contributed by atoms with Crippen LogP contribution in [0.15, 0.2) is 24.5 Å². The fourth-order valence-electron chi connectivity index (χ4n) is 2.71. The summed E-state index contributed by atoms with van der Waals surface area (Å²) in [5, 5.41) is 9.92. The van der Waals surface area contributed by atoms with Crippen LogP contribution in [-0.4, -0.2) is 44.9 Å². The second-order valence-electron chi connectivity index (χ2n) is 5.60. The van der Waals surface area contributed by atoms with Crippen molar-refractivity contribution in [3.8, 4) is 10.6 Å². The van der Waals surface area contributed by atoms with E-state index in [1.165, 1.54) is 11.3 Å². The maximum absolute atomic E-state index is 12.7. The lowest BCUT2D eigenvalue weighted by Crippen LogP contribution is -2.42. The molecule has 1 atom stereocenters. The third-order valence-electron chi connectivity index (χ3n) is 3.96. The number of nitrogens with zero attached hydrogens (tertiary/aromatic N) is 3. The molecule has 0 aromatic carbocycles. The summed E-state index contributed by atoms with van der Waals surface area (Å²) in [5.41, 5.74) is 1.55. The predicted octanol–water partition coefficient (Wildman–Crippen LogP) is 2.45. The average Bonchev–Trinajstić information content (AvgIpc) is 2.97. The van der Waals surface area contributed by atoms with Crippen LogP contribution in [0.5, 0.6) is 0 Å². The highest BCUT2D eigenvalue weighted by Crippen LogP contribution is 2.29. The van der Waals surface area contributed by atoms with Crippen LogP contribution in [0.3, 0.4) is 0 Å². The largest absolute Gasteiger partial charge is 0.481 e. The summed E-state index contributed by atoms with van der Waals surface area (Å²) in [5.74, 6) is -1.43. The molecule has 23 heavy (non-hydrogen) atoms. The summed E-state index contributed by atoms with van der Waals surface area (Å²) in [7, 11) is 0. The second-order valence-corrected chi connectivity index (χ2v) is 6.60. The van der Waals surface area contributed by atoms with Crippen molar-refractivity contribution in [3.63, 3.8) is 0 Å². The first-order valence-corrected chi connectivity index (χ1v) is 8.28. The van der Waals surface area contributed by atoms with E-state index in [1.807, 2.05) is 19.1 Å². The number of carbonyl (C=O) groups is 2. The van der Waals surface area contributed by atoms with Crippen LogP contribution < -0.4 is 0 Å². The third kappa shape index (κ3) is 3.24. The zero-order chi connectivity index (χ0) is 16.4. The first-order chi connectivity index (χ1) is 11.1. The predicted molar refractivity (Wildman–Crippen MR) is 86.3 cm³/mol. The van der Waals surface area contributed by atoms with Crippen molar-refractivity contribution in [1.29, 1.82) is 0 Å². The topological polar surface area (TPSA) is 83.4 Å². The van der Waals surface area contributed by atoms with Gasteiger partial charge in [0.25, 0.3) is 5.91 Å². The number of carbonyl (C=O) groups excluding carboxylic acids is 1. The number of aryl methyl sites for hydroxylation is 1. The number of thiazole rings is 1. The van der Waals surface area contributed by atoms with Crippen LogP contribution in [0, 0.1) is 12.8 Å². The Labute approximate surface area is 137 Å². The molecule has 1 aliphatic heterocycles. The number of likely N-dealkylation sites (tertiary alicyclic amines) is 1. The highest BCUT2D eigenvalue weighted by molar-refractivity contribution is 7.17. The lowest BCUT2D eigenvalue weighted by atomic mass is 9.98. The minimum atomic E-state index is -0.834. The molecule has 1 N–H and O–H groups in total. The van der Waals surface area contributed by atoms with Gasteiger partial charge in [0.05, 0.1) is 11.6 Å². The molecule has 7 heteroatoms. The molecule has 1 fully saturated rings. The third-order valence-corrected chi connectivity index (χ3v) is 5.15. The monoisotopic (exact) mass is 331 g/mol. The maximum atomic E-state index is 12.7. The van der Waals surface area contributed by atoms with E-state index in [1.54, 1.807) is 17.3 Å². The SMILES string of the molecule is Cc1nc(-c2cccnc2)sc1C(=O)N1CCC[C@H](C(=O)O)C1. The molecule has 1 aliphatic rings. The van der Waals surface area contributed by atoms with Crippen LogP contribution in [-0.2, 0) is 4.79 Å². The van der Waals surface area contributed by atoms with Crippen molar-refractivity contribution < 1.29 is 14.7 Å². The lowest BCUT2D eigenvalue weighted by molar-refractivity contribution is -0.143. The van der Waals surface area contributed by atoms with E-state index in [4.69, 9.17) is 5.11 Å². The molecule has 0 spiro atoms. The van der Waals surface area contributed by atoms with Crippen molar-refractivity contribution in [1.82, 2.24) is 14.9 Å². The molecule has 0 bridgehead atoms. The van der Waals surface area contributed by atoms with Crippen LogP contribution in [0.1, 0.15) is 28.2 Å². The van der Waals surface area contributed by atoms with Gasteiger partial charge in [0.1, 0.15) is 9.88 Å². The van der Waals surface area contributed by atoms with Gasteiger partial charge in [0.15, 0.2) is 0 Å².